The lowest BCUT2D eigenvalue weighted by Gasteiger charge is -2.45. The molecule has 1 heterocycles. The van der Waals surface area contributed by atoms with Crippen molar-refractivity contribution in [2.45, 2.75) is 117 Å². The highest BCUT2D eigenvalue weighted by atomic mass is 15.2. The number of hydrogen-bond acceptors (Lipinski definition) is 2. The van der Waals surface area contributed by atoms with Gasteiger partial charge in [-0.3, -0.25) is 0 Å². The zero-order chi connectivity index (χ0) is 48.0. The van der Waals surface area contributed by atoms with Crippen molar-refractivity contribution in [2.24, 2.45) is 0 Å². The average molecular weight is 899 g/mol. The van der Waals surface area contributed by atoms with Gasteiger partial charge in [-0.2, -0.15) is 0 Å². The van der Waals surface area contributed by atoms with Crippen LogP contribution < -0.4 is 21.1 Å². The predicted molar refractivity (Wildman–Crippen MR) is 299 cm³/mol. The Bertz CT molecular complexity index is 3280. The van der Waals surface area contributed by atoms with Gasteiger partial charge in [0.05, 0.1) is 0 Å². The summed E-state index contributed by atoms with van der Waals surface area (Å²) in [4.78, 5) is 2.66. The second-order valence-electron chi connectivity index (χ2n) is 23.3. The highest BCUT2D eigenvalue weighted by molar-refractivity contribution is 6.73. The van der Waals surface area contributed by atoms with Crippen molar-refractivity contribution in [1.29, 1.82) is 0 Å². The SMILES string of the molecule is Cc1ccccc1-c1cc(-c2cc3c(cc2Nc2ccc(-c4ccccc4)cc2)C(C)(C)CCC3(C)C)c2c(c1)N(c1ccc(-c3ccccc3)cc1C)c1cc3c(cc1B2)C(C)(C)CCC3(C)C. The first kappa shape index (κ1) is 44.9. The second kappa shape index (κ2) is 16.5. The van der Waals surface area contributed by atoms with Gasteiger partial charge in [-0.15, -0.1) is 0 Å². The van der Waals surface area contributed by atoms with Crippen molar-refractivity contribution >= 4 is 46.6 Å². The summed E-state index contributed by atoms with van der Waals surface area (Å²) in [5, 5.41) is 4.08. The zero-order valence-electron chi connectivity index (χ0n) is 42.6. The number of benzene rings is 8. The van der Waals surface area contributed by atoms with Crippen molar-refractivity contribution in [1.82, 2.24) is 0 Å². The van der Waals surface area contributed by atoms with Crippen molar-refractivity contribution in [2.75, 3.05) is 10.2 Å². The standard InChI is InChI=1S/C66H67BN2/c1-42-19-17-18-24-50(42)48-36-52(51-38-53-55(65(7,8)33-31-63(53,3)4)40-58(51)68-49-28-25-46(26-29-49)44-20-13-11-14-21-44)62-61(37-48)69(59-30-27-47(35-43(59)2)45-22-15-12-16-23-45)60-41-56-54(39-57(60)67-62)64(5,6)32-34-66(56,9)10/h11-30,35-41,67-68H,31-34H2,1-10H3. The molecule has 3 heteroatoms. The topological polar surface area (TPSA) is 15.3 Å². The van der Waals surface area contributed by atoms with Gasteiger partial charge >= 0.3 is 0 Å². The fraction of sp³-hybridized carbons (Fsp3) is 0.273. The van der Waals surface area contributed by atoms with E-state index in [4.69, 9.17) is 0 Å². The number of hydrogen-bond donors (Lipinski definition) is 1. The van der Waals surface area contributed by atoms with Crippen LogP contribution in [0.5, 0.6) is 0 Å². The van der Waals surface area contributed by atoms with Crippen molar-refractivity contribution in [3.8, 4) is 44.5 Å². The van der Waals surface area contributed by atoms with Gasteiger partial charge in [0.15, 0.2) is 7.28 Å². The Morgan fingerprint density at radius 2 is 0.913 bits per heavy atom. The molecule has 0 atom stereocenters. The monoisotopic (exact) mass is 899 g/mol. The maximum atomic E-state index is 4.08. The average Bonchev–Trinajstić information content (AvgIpc) is 3.34. The molecule has 69 heavy (non-hydrogen) atoms. The first-order valence-electron chi connectivity index (χ1n) is 25.5. The number of fused-ring (bicyclic) bond motifs is 4. The van der Waals surface area contributed by atoms with Crippen LogP contribution in [0.4, 0.5) is 28.4 Å². The Balaban J connectivity index is 1.20. The molecule has 1 N–H and O–H groups in total. The number of rotatable bonds is 7. The second-order valence-corrected chi connectivity index (χ2v) is 23.3. The Hall–Kier alpha value is -6.58. The first-order chi connectivity index (χ1) is 33.0. The van der Waals surface area contributed by atoms with E-state index >= 15 is 0 Å². The lowest BCUT2D eigenvalue weighted by Crippen LogP contribution is -2.44. The van der Waals surface area contributed by atoms with Gasteiger partial charge in [0, 0.05) is 34.0 Å². The van der Waals surface area contributed by atoms with Crippen LogP contribution in [0.2, 0.25) is 0 Å². The molecular formula is C66H67BN2. The van der Waals surface area contributed by atoms with E-state index in [-0.39, 0.29) is 21.7 Å². The van der Waals surface area contributed by atoms with Crippen LogP contribution in [0.3, 0.4) is 0 Å². The van der Waals surface area contributed by atoms with E-state index in [1.807, 2.05) is 0 Å². The summed E-state index contributed by atoms with van der Waals surface area (Å²) in [5.74, 6) is 0. The van der Waals surface area contributed by atoms with Gasteiger partial charge in [0.1, 0.15) is 0 Å². The van der Waals surface area contributed by atoms with Gasteiger partial charge in [-0.25, -0.2) is 0 Å². The summed E-state index contributed by atoms with van der Waals surface area (Å²) in [7, 11) is 0.840. The molecule has 2 aliphatic carbocycles. The van der Waals surface area contributed by atoms with Crippen LogP contribution in [0.15, 0.2) is 164 Å². The fourth-order valence-corrected chi connectivity index (χ4v) is 12.1. The molecule has 0 fully saturated rings. The highest BCUT2D eigenvalue weighted by Crippen LogP contribution is 2.52. The summed E-state index contributed by atoms with van der Waals surface area (Å²) in [6, 6.07) is 62.1. The van der Waals surface area contributed by atoms with Crippen molar-refractivity contribution < 1.29 is 0 Å². The molecule has 8 aromatic carbocycles. The van der Waals surface area contributed by atoms with Crippen molar-refractivity contribution in [3.05, 3.63) is 197 Å². The minimum absolute atomic E-state index is 0.0247. The van der Waals surface area contributed by atoms with E-state index in [0.717, 1.165) is 31.5 Å². The summed E-state index contributed by atoms with van der Waals surface area (Å²) >= 11 is 0. The summed E-state index contributed by atoms with van der Waals surface area (Å²) in [5.41, 5.74) is 27.4. The van der Waals surface area contributed by atoms with Crippen LogP contribution in [-0.2, 0) is 21.7 Å². The Kier molecular flexibility index (Phi) is 10.8. The number of aryl methyl sites for hydroxylation is 2. The molecule has 1 aliphatic heterocycles. The molecule has 0 bridgehead atoms. The van der Waals surface area contributed by atoms with E-state index < -0.39 is 0 Å². The fourth-order valence-electron chi connectivity index (χ4n) is 12.1. The molecular weight excluding hydrogens is 832 g/mol. The third-order valence-corrected chi connectivity index (χ3v) is 16.7. The largest absolute Gasteiger partial charge is 0.355 e. The minimum atomic E-state index is 0.0247. The zero-order valence-corrected chi connectivity index (χ0v) is 42.6. The Morgan fingerprint density at radius 1 is 0.391 bits per heavy atom. The molecule has 2 nitrogen and oxygen atoms in total. The molecule has 11 rings (SSSR count). The van der Waals surface area contributed by atoms with Crippen LogP contribution >= 0.6 is 0 Å². The van der Waals surface area contributed by atoms with Crippen LogP contribution in [0.25, 0.3) is 44.5 Å². The van der Waals surface area contributed by atoms with E-state index in [2.05, 4.69) is 243 Å². The summed E-state index contributed by atoms with van der Waals surface area (Å²) in [6.45, 7) is 24.3. The minimum Gasteiger partial charge on any atom is -0.355 e. The molecule has 344 valence electrons. The van der Waals surface area contributed by atoms with Gasteiger partial charge < -0.3 is 10.2 Å². The number of nitrogens with one attached hydrogen (secondary N) is 1. The maximum absolute atomic E-state index is 4.08. The number of nitrogens with zero attached hydrogens (tertiary/aromatic N) is 1. The highest BCUT2D eigenvalue weighted by Gasteiger charge is 2.41. The molecule has 0 spiro atoms. The van der Waals surface area contributed by atoms with Crippen LogP contribution in [0, 0.1) is 13.8 Å². The molecule has 0 unspecified atom stereocenters. The summed E-state index contributed by atoms with van der Waals surface area (Å²) in [6.07, 6.45) is 4.66. The van der Waals surface area contributed by atoms with Gasteiger partial charge in [0.25, 0.3) is 0 Å². The van der Waals surface area contributed by atoms with Gasteiger partial charge in [-0.05, 0) is 194 Å². The lowest BCUT2D eigenvalue weighted by molar-refractivity contribution is 0.332. The van der Waals surface area contributed by atoms with Crippen LogP contribution in [-0.4, -0.2) is 7.28 Å². The predicted octanol–water partition coefficient (Wildman–Crippen LogP) is 16.6. The number of anilines is 5. The third-order valence-electron chi connectivity index (χ3n) is 16.7. The van der Waals surface area contributed by atoms with E-state index in [0.29, 0.717) is 0 Å². The lowest BCUT2D eigenvalue weighted by atomic mass is 9.54. The van der Waals surface area contributed by atoms with Crippen molar-refractivity contribution in [3.63, 3.8) is 0 Å². The molecule has 0 saturated heterocycles. The molecule has 0 saturated carbocycles. The third kappa shape index (κ3) is 7.93. The normalized spacial score (nSPS) is 16.9. The van der Waals surface area contributed by atoms with Crippen LogP contribution in [0.1, 0.15) is 114 Å². The quantitative estimate of drug-likeness (QED) is 0.160. The van der Waals surface area contributed by atoms with E-state index in [1.165, 1.54) is 119 Å². The first-order valence-corrected chi connectivity index (χ1v) is 25.5. The van der Waals surface area contributed by atoms with Gasteiger partial charge in [0.2, 0.25) is 0 Å². The maximum Gasteiger partial charge on any atom is 0.198 e. The Morgan fingerprint density at radius 3 is 1.52 bits per heavy atom. The molecule has 8 aromatic rings. The van der Waals surface area contributed by atoms with E-state index in [9.17, 15) is 0 Å². The van der Waals surface area contributed by atoms with Gasteiger partial charge in [-0.1, -0.05) is 170 Å². The molecule has 0 amide bonds. The molecule has 0 radical (unpaired) electrons. The smallest absolute Gasteiger partial charge is 0.198 e. The molecule has 0 aromatic heterocycles. The summed E-state index contributed by atoms with van der Waals surface area (Å²) < 4.78 is 0. The molecule has 3 aliphatic rings. The Labute approximate surface area is 413 Å². The van der Waals surface area contributed by atoms with E-state index in [1.54, 1.807) is 0 Å².